The molecule has 1 atom stereocenters. The lowest BCUT2D eigenvalue weighted by molar-refractivity contribution is 0.554. The van der Waals surface area contributed by atoms with E-state index in [4.69, 9.17) is 0 Å². The first-order chi connectivity index (χ1) is 6.31. The summed E-state index contributed by atoms with van der Waals surface area (Å²) in [5, 5.41) is 0.192. The molecule has 1 unspecified atom stereocenters. The van der Waals surface area contributed by atoms with Crippen molar-refractivity contribution in [2.24, 2.45) is 0 Å². The summed E-state index contributed by atoms with van der Waals surface area (Å²) in [5.74, 6) is 0. The van der Waals surface area contributed by atoms with Crippen LogP contribution in [-0.2, 0) is 4.79 Å². The number of hydrogen-bond acceptors (Lipinski definition) is 4. The number of carbonyl (C=O) groups excluding carboxylic acids is 1. The van der Waals surface area contributed by atoms with E-state index >= 15 is 0 Å². The Labute approximate surface area is 85.0 Å². The van der Waals surface area contributed by atoms with Gasteiger partial charge in [-0.15, -0.1) is 11.3 Å². The van der Waals surface area contributed by atoms with Crippen LogP contribution in [0, 0.1) is 0 Å². The van der Waals surface area contributed by atoms with Crippen LogP contribution in [0.1, 0.15) is 10.3 Å². The average molecular weight is 208 g/mol. The number of benzene rings is 1. The molecular weight excluding hydrogens is 202 g/mol. The lowest BCUT2D eigenvalue weighted by Gasteiger charge is -1.91. The molecule has 1 radical (unpaired) electrons. The smallest absolute Gasteiger partial charge is 0.219 e. The Morgan fingerprint density at radius 1 is 1.46 bits per heavy atom. The quantitative estimate of drug-likeness (QED) is 0.768. The number of para-hydroxylation sites is 1. The van der Waals surface area contributed by atoms with Gasteiger partial charge in [0.05, 0.1) is 10.2 Å². The summed E-state index contributed by atoms with van der Waals surface area (Å²) in [7, 11) is 0. The third-order valence-corrected chi connectivity index (χ3v) is 3.28. The molecule has 0 fully saturated rings. The highest BCUT2D eigenvalue weighted by Gasteiger charge is 2.11. The first-order valence-electron chi connectivity index (χ1n) is 3.72. The van der Waals surface area contributed by atoms with Crippen molar-refractivity contribution in [3.63, 3.8) is 0 Å². The van der Waals surface area contributed by atoms with E-state index in [0.717, 1.165) is 10.2 Å². The van der Waals surface area contributed by atoms with Crippen LogP contribution in [0.3, 0.4) is 0 Å². The molecule has 0 saturated carbocycles. The number of thiol groups is 1. The molecule has 0 amide bonds. The largest absolute Gasteiger partial charge is 0.289 e. The molecule has 0 spiro atoms. The molecule has 2 aromatic rings. The highest BCUT2D eigenvalue weighted by atomic mass is 32.1. The lowest BCUT2D eigenvalue weighted by Crippen LogP contribution is -1.88. The average Bonchev–Trinajstić information content (AvgIpc) is 2.59. The summed E-state index contributed by atoms with van der Waals surface area (Å²) in [4.78, 5) is 14.6. The van der Waals surface area contributed by atoms with E-state index in [-0.39, 0.29) is 0 Å². The van der Waals surface area contributed by atoms with Gasteiger partial charge in [-0.1, -0.05) is 12.1 Å². The highest BCUT2D eigenvalue weighted by Crippen LogP contribution is 2.27. The summed E-state index contributed by atoms with van der Waals surface area (Å²) in [6.07, 6.45) is 1.80. The van der Waals surface area contributed by atoms with E-state index in [1.165, 1.54) is 11.3 Å². The van der Waals surface area contributed by atoms with Gasteiger partial charge in [0, 0.05) is 0 Å². The van der Waals surface area contributed by atoms with Gasteiger partial charge in [0.15, 0.2) is 0 Å². The van der Waals surface area contributed by atoms with Crippen molar-refractivity contribution >= 4 is 40.5 Å². The maximum absolute atomic E-state index is 10.3. The summed E-state index contributed by atoms with van der Waals surface area (Å²) in [5.41, 5.74) is 0.914. The molecule has 0 aliphatic heterocycles. The van der Waals surface area contributed by atoms with E-state index in [1.54, 1.807) is 6.29 Å². The third kappa shape index (κ3) is 1.59. The molecule has 0 bridgehead atoms. The van der Waals surface area contributed by atoms with Crippen molar-refractivity contribution < 1.29 is 4.79 Å². The monoisotopic (exact) mass is 208 g/mol. The third-order valence-electron chi connectivity index (χ3n) is 1.66. The van der Waals surface area contributed by atoms with Gasteiger partial charge in [-0.3, -0.25) is 4.79 Å². The van der Waals surface area contributed by atoms with Crippen LogP contribution in [-0.4, -0.2) is 11.3 Å². The molecule has 0 N–H and O–H groups in total. The van der Waals surface area contributed by atoms with Crippen molar-refractivity contribution in [2.45, 2.75) is 5.25 Å². The van der Waals surface area contributed by atoms with Gasteiger partial charge in [-0.2, -0.15) is 12.6 Å². The van der Waals surface area contributed by atoms with Gasteiger partial charge in [0.2, 0.25) is 6.29 Å². The van der Waals surface area contributed by atoms with Crippen LogP contribution in [0.4, 0.5) is 0 Å². The zero-order valence-electron chi connectivity index (χ0n) is 6.60. The van der Waals surface area contributed by atoms with Gasteiger partial charge in [0.25, 0.3) is 0 Å². The molecule has 0 aliphatic carbocycles. The fourth-order valence-corrected chi connectivity index (χ4v) is 2.17. The zero-order valence-corrected chi connectivity index (χ0v) is 8.31. The fourth-order valence-electron chi connectivity index (χ4n) is 1.06. The first kappa shape index (κ1) is 8.72. The van der Waals surface area contributed by atoms with E-state index in [1.807, 2.05) is 24.3 Å². The molecule has 2 nitrogen and oxygen atoms in total. The van der Waals surface area contributed by atoms with Crippen molar-refractivity contribution in [1.82, 2.24) is 4.98 Å². The molecule has 13 heavy (non-hydrogen) atoms. The van der Waals surface area contributed by atoms with Gasteiger partial charge in [-0.25, -0.2) is 4.98 Å². The Bertz CT molecular complexity index is 405. The van der Waals surface area contributed by atoms with Crippen LogP contribution in [0.2, 0.25) is 0 Å². The molecule has 1 aromatic carbocycles. The molecular formula is C9H6NOS2. The summed E-state index contributed by atoms with van der Waals surface area (Å²) < 4.78 is 1.08. The lowest BCUT2D eigenvalue weighted by atomic mass is 10.3. The fraction of sp³-hybridized carbons (Fsp3) is 0.111. The van der Waals surface area contributed by atoms with Crippen LogP contribution in [0.25, 0.3) is 10.2 Å². The first-order valence-corrected chi connectivity index (χ1v) is 5.06. The number of rotatable bonds is 2. The molecule has 65 valence electrons. The molecule has 2 rings (SSSR count). The minimum atomic E-state index is -0.516. The molecule has 1 heterocycles. The summed E-state index contributed by atoms with van der Waals surface area (Å²) >= 11 is 5.53. The second-order valence-electron chi connectivity index (χ2n) is 2.54. The Hall–Kier alpha value is -0.870. The predicted molar refractivity (Wildman–Crippen MR) is 57.0 cm³/mol. The maximum Gasteiger partial charge on any atom is 0.219 e. The van der Waals surface area contributed by atoms with Crippen LogP contribution in [0.5, 0.6) is 0 Å². The van der Waals surface area contributed by atoms with Crippen molar-refractivity contribution in [1.29, 1.82) is 0 Å². The van der Waals surface area contributed by atoms with Crippen LogP contribution in [0.15, 0.2) is 24.3 Å². The number of nitrogens with zero attached hydrogens (tertiary/aromatic N) is 1. The van der Waals surface area contributed by atoms with Gasteiger partial charge in [-0.05, 0) is 12.1 Å². The minimum Gasteiger partial charge on any atom is -0.289 e. The number of aromatic nitrogens is 1. The Morgan fingerprint density at radius 2 is 2.23 bits per heavy atom. The van der Waals surface area contributed by atoms with Crippen molar-refractivity contribution in [2.75, 3.05) is 0 Å². The topological polar surface area (TPSA) is 30.0 Å². The molecule has 0 aliphatic rings. The number of hydrogen-bond donors (Lipinski definition) is 1. The Morgan fingerprint density at radius 3 is 2.92 bits per heavy atom. The van der Waals surface area contributed by atoms with Crippen LogP contribution < -0.4 is 0 Å². The van der Waals surface area contributed by atoms with Gasteiger partial charge < -0.3 is 0 Å². The summed E-state index contributed by atoms with van der Waals surface area (Å²) in [6, 6.07) is 7.76. The standard InChI is InChI=1S/C9H6NOS2/c11-5-7(12)9-10-6-3-1-2-4-8(6)13-9/h1-4,7,12H. The highest BCUT2D eigenvalue weighted by molar-refractivity contribution is 7.81. The van der Waals surface area contributed by atoms with E-state index < -0.39 is 5.25 Å². The Kier molecular flexibility index (Phi) is 2.33. The second-order valence-corrected chi connectivity index (χ2v) is 4.12. The number of fused-ring (bicyclic) bond motifs is 1. The van der Waals surface area contributed by atoms with Crippen LogP contribution >= 0.6 is 24.0 Å². The maximum atomic E-state index is 10.3. The second kappa shape index (κ2) is 3.47. The summed E-state index contributed by atoms with van der Waals surface area (Å²) in [6.45, 7) is 0. The normalized spacial score (nSPS) is 13.0. The van der Waals surface area contributed by atoms with E-state index in [2.05, 4.69) is 17.6 Å². The Balaban J connectivity index is 2.55. The SMILES string of the molecule is O=[C]C(S)c1nc2ccccc2s1. The molecule has 0 saturated heterocycles. The van der Waals surface area contributed by atoms with Gasteiger partial charge >= 0.3 is 0 Å². The number of thiazole rings is 1. The van der Waals surface area contributed by atoms with E-state index in [9.17, 15) is 4.79 Å². The zero-order chi connectivity index (χ0) is 9.26. The van der Waals surface area contributed by atoms with Crippen molar-refractivity contribution in [3.05, 3.63) is 29.3 Å². The van der Waals surface area contributed by atoms with Gasteiger partial charge in [0.1, 0.15) is 10.3 Å². The van der Waals surface area contributed by atoms with E-state index in [0.29, 0.717) is 5.01 Å². The minimum absolute atomic E-state index is 0.516. The predicted octanol–water partition coefficient (Wildman–Crippen LogP) is 2.38. The molecule has 4 heteroatoms. The molecule has 1 aromatic heterocycles. The van der Waals surface area contributed by atoms with Crippen molar-refractivity contribution in [3.8, 4) is 0 Å².